The van der Waals surface area contributed by atoms with E-state index in [2.05, 4.69) is 10.3 Å². The molecule has 0 unspecified atom stereocenters. The first-order valence-electron chi connectivity index (χ1n) is 10.5. The number of carbonyl (C=O) groups is 1. The normalized spacial score (nSPS) is 22.0. The van der Waals surface area contributed by atoms with Crippen LogP contribution in [0.4, 0.5) is 28.9 Å². The molecule has 5 rings (SSSR count). The summed E-state index contributed by atoms with van der Waals surface area (Å²) in [7, 11) is 0. The fourth-order valence-electron chi connectivity index (χ4n) is 4.70. The highest BCUT2D eigenvalue weighted by atomic mass is 35.5. The Morgan fingerprint density at radius 2 is 1.94 bits per heavy atom. The van der Waals surface area contributed by atoms with Gasteiger partial charge in [-0.1, -0.05) is 11.6 Å². The maximum absolute atomic E-state index is 14.8. The molecule has 0 radical (unpaired) electrons. The van der Waals surface area contributed by atoms with Gasteiger partial charge in [-0.05, 0) is 54.2 Å². The van der Waals surface area contributed by atoms with Crippen LogP contribution in [0.3, 0.4) is 0 Å². The van der Waals surface area contributed by atoms with Gasteiger partial charge < -0.3 is 19.9 Å². The lowest BCUT2D eigenvalue weighted by molar-refractivity contribution is -0.175. The molecule has 2 aromatic carbocycles. The fourth-order valence-corrected chi connectivity index (χ4v) is 4.87. The number of benzene rings is 2. The molecule has 3 atom stereocenters. The summed E-state index contributed by atoms with van der Waals surface area (Å²) in [6.07, 6.45) is -2.68. The van der Waals surface area contributed by atoms with Crippen molar-refractivity contribution in [3.63, 3.8) is 0 Å². The SMILES string of the molecule is O=C(Nc1c[nH]c2ccc(Cl)cc12)c1ccc(N2C[C@@H]3[C@@H](COCC(F)(F)F)[C@@H]3C2)c(F)c1. The summed E-state index contributed by atoms with van der Waals surface area (Å²) in [5.74, 6) is -0.478. The minimum atomic E-state index is -4.32. The summed E-state index contributed by atoms with van der Waals surface area (Å²) in [5, 5.41) is 4.05. The fraction of sp³-hybridized carbons (Fsp3) is 0.348. The molecule has 0 bridgehead atoms. The molecule has 1 saturated carbocycles. The summed E-state index contributed by atoms with van der Waals surface area (Å²) in [6, 6.07) is 9.59. The highest BCUT2D eigenvalue weighted by Crippen LogP contribution is 2.53. The van der Waals surface area contributed by atoms with Crippen molar-refractivity contribution in [2.75, 3.05) is 36.5 Å². The van der Waals surface area contributed by atoms with Crippen LogP contribution in [-0.2, 0) is 4.74 Å². The lowest BCUT2D eigenvalue weighted by Crippen LogP contribution is -2.27. The van der Waals surface area contributed by atoms with E-state index >= 15 is 0 Å². The van der Waals surface area contributed by atoms with Crippen molar-refractivity contribution in [1.82, 2.24) is 4.98 Å². The van der Waals surface area contributed by atoms with E-state index in [9.17, 15) is 22.4 Å². The number of nitrogens with zero attached hydrogens (tertiary/aromatic N) is 1. The Labute approximate surface area is 191 Å². The van der Waals surface area contributed by atoms with Crippen molar-refractivity contribution < 1.29 is 27.1 Å². The van der Waals surface area contributed by atoms with Gasteiger partial charge in [0, 0.05) is 40.8 Å². The minimum absolute atomic E-state index is 0.0727. The molecule has 1 aliphatic carbocycles. The first-order chi connectivity index (χ1) is 15.7. The van der Waals surface area contributed by atoms with Crippen molar-refractivity contribution in [2.24, 2.45) is 17.8 Å². The molecule has 2 aliphatic rings. The number of alkyl halides is 3. The third-order valence-corrected chi connectivity index (χ3v) is 6.63. The van der Waals surface area contributed by atoms with Gasteiger partial charge in [0.1, 0.15) is 12.4 Å². The molecule has 2 N–H and O–H groups in total. The predicted octanol–water partition coefficient (Wildman–Crippen LogP) is 5.47. The van der Waals surface area contributed by atoms with E-state index in [4.69, 9.17) is 16.3 Å². The Kier molecular flexibility index (Phi) is 5.49. The van der Waals surface area contributed by atoms with E-state index in [1.54, 1.807) is 36.5 Å². The molecular formula is C23H20ClF4N3O2. The van der Waals surface area contributed by atoms with Crippen LogP contribution in [0.15, 0.2) is 42.6 Å². The van der Waals surface area contributed by atoms with Gasteiger partial charge in [-0.2, -0.15) is 13.2 Å². The van der Waals surface area contributed by atoms with E-state index in [1.165, 1.54) is 6.07 Å². The van der Waals surface area contributed by atoms with E-state index in [0.717, 1.165) is 10.9 Å². The van der Waals surface area contributed by atoms with Crippen LogP contribution in [-0.4, -0.2) is 43.4 Å². The second kappa shape index (κ2) is 8.22. The quantitative estimate of drug-likeness (QED) is 0.459. The Bertz CT molecular complexity index is 1200. The number of hydrogen-bond acceptors (Lipinski definition) is 3. The molecule has 3 aromatic rings. The largest absolute Gasteiger partial charge is 0.411 e. The number of aromatic nitrogens is 1. The maximum atomic E-state index is 14.8. The zero-order chi connectivity index (χ0) is 23.3. The van der Waals surface area contributed by atoms with Crippen LogP contribution in [0.2, 0.25) is 5.02 Å². The molecule has 1 amide bonds. The molecule has 174 valence electrons. The van der Waals surface area contributed by atoms with E-state index in [1.807, 2.05) is 4.90 Å². The van der Waals surface area contributed by atoms with Gasteiger partial charge in [0.05, 0.1) is 18.0 Å². The highest BCUT2D eigenvalue weighted by molar-refractivity contribution is 6.31. The van der Waals surface area contributed by atoms with Crippen molar-refractivity contribution in [3.8, 4) is 0 Å². The first kappa shape index (κ1) is 22.0. The summed E-state index contributed by atoms with van der Waals surface area (Å²) in [6.45, 7) is -0.0493. The average molecular weight is 482 g/mol. The van der Waals surface area contributed by atoms with E-state index < -0.39 is 24.5 Å². The number of H-pyrrole nitrogens is 1. The number of nitrogens with one attached hydrogen (secondary N) is 2. The number of amides is 1. The number of anilines is 2. The van der Waals surface area contributed by atoms with Gasteiger partial charge in [0.15, 0.2) is 0 Å². The molecule has 0 spiro atoms. The number of rotatable bonds is 6. The van der Waals surface area contributed by atoms with Gasteiger partial charge in [-0.3, -0.25) is 4.79 Å². The second-order valence-corrected chi connectivity index (χ2v) is 8.98. The summed E-state index contributed by atoms with van der Waals surface area (Å²) in [4.78, 5) is 17.6. The summed E-state index contributed by atoms with van der Waals surface area (Å²) >= 11 is 6.03. The number of carbonyl (C=O) groups excluding carboxylic acids is 1. The van der Waals surface area contributed by atoms with Crippen LogP contribution in [0.1, 0.15) is 10.4 Å². The van der Waals surface area contributed by atoms with Crippen LogP contribution in [0.5, 0.6) is 0 Å². The Morgan fingerprint density at radius 1 is 1.18 bits per heavy atom. The third kappa shape index (κ3) is 4.52. The zero-order valence-electron chi connectivity index (χ0n) is 17.3. The average Bonchev–Trinajstić information content (AvgIpc) is 3.08. The van der Waals surface area contributed by atoms with Crippen molar-refractivity contribution in [1.29, 1.82) is 0 Å². The maximum Gasteiger partial charge on any atom is 0.411 e. The molecule has 2 fully saturated rings. The molecule has 1 aliphatic heterocycles. The van der Waals surface area contributed by atoms with Gasteiger partial charge in [-0.25, -0.2) is 4.39 Å². The standard InChI is InChI=1S/C23H20ClF4N3O2/c24-13-2-3-19-14(6-13)20(7-29-19)30-22(32)12-1-4-21(18(25)5-12)31-8-15-16(9-31)17(15)10-33-11-23(26,27)28/h1-7,15-17,29H,8-11H2,(H,30,32)/t15-,16+,17+. The minimum Gasteiger partial charge on any atom is -0.372 e. The van der Waals surface area contributed by atoms with Gasteiger partial charge in [0.2, 0.25) is 0 Å². The van der Waals surface area contributed by atoms with E-state index in [0.29, 0.717) is 29.5 Å². The number of fused-ring (bicyclic) bond motifs is 2. The second-order valence-electron chi connectivity index (χ2n) is 8.54. The topological polar surface area (TPSA) is 57.4 Å². The third-order valence-electron chi connectivity index (χ3n) is 6.39. The molecular weight excluding hydrogens is 462 g/mol. The smallest absolute Gasteiger partial charge is 0.372 e. The number of piperidine rings is 1. The number of halogens is 5. The molecule has 1 aromatic heterocycles. The van der Waals surface area contributed by atoms with E-state index in [-0.39, 0.29) is 29.9 Å². The number of hydrogen-bond donors (Lipinski definition) is 2. The molecule has 5 nitrogen and oxygen atoms in total. The monoisotopic (exact) mass is 481 g/mol. The Morgan fingerprint density at radius 3 is 2.64 bits per heavy atom. The van der Waals surface area contributed by atoms with Crippen LogP contribution >= 0.6 is 11.6 Å². The summed E-state index contributed by atoms with van der Waals surface area (Å²) < 4.78 is 56.2. The lowest BCUT2D eigenvalue weighted by Gasteiger charge is -2.23. The number of aromatic amines is 1. The van der Waals surface area contributed by atoms with Crippen molar-refractivity contribution in [3.05, 3.63) is 59.0 Å². The predicted molar refractivity (Wildman–Crippen MR) is 117 cm³/mol. The Hall–Kier alpha value is -2.78. The molecule has 33 heavy (non-hydrogen) atoms. The Balaban J connectivity index is 1.20. The molecule has 2 heterocycles. The number of ether oxygens (including phenoxy) is 1. The van der Waals surface area contributed by atoms with Gasteiger partial charge in [0.25, 0.3) is 5.91 Å². The van der Waals surface area contributed by atoms with Crippen LogP contribution in [0.25, 0.3) is 10.9 Å². The van der Waals surface area contributed by atoms with Gasteiger partial charge in [-0.15, -0.1) is 0 Å². The van der Waals surface area contributed by atoms with Crippen LogP contribution < -0.4 is 10.2 Å². The van der Waals surface area contributed by atoms with Crippen molar-refractivity contribution >= 4 is 39.8 Å². The highest BCUT2D eigenvalue weighted by Gasteiger charge is 2.56. The van der Waals surface area contributed by atoms with Crippen molar-refractivity contribution in [2.45, 2.75) is 6.18 Å². The summed E-state index contributed by atoms with van der Waals surface area (Å²) in [5.41, 5.74) is 1.91. The van der Waals surface area contributed by atoms with Crippen LogP contribution in [0, 0.1) is 23.6 Å². The molecule has 1 saturated heterocycles. The lowest BCUT2D eigenvalue weighted by atomic mass is 10.1. The first-order valence-corrected chi connectivity index (χ1v) is 10.8. The van der Waals surface area contributed by atoms with Gasteiger partial charge >= 0.3 is 6.18 Å². The zero-order valence-corrected chi connectivity index (χ0v) is 18.0. The molecule has 10 heteroatoms.